The van der Waals surface area contributed by atoms with Gasteiger partial charge in [-0.2, -0.15) is 0 Å². The summed E-state index contributed by atoms with van der Waals surface area (Å²) in [6.07, 6.45) is 13.0. The van der Waals surface area contributed by atoms with Gasteiger partial charge in [-0.1, -0.05) is 65.2 Å². The first-order valence-electron chi connectivity index (χ1n) is 8.67. The van der Waals surface area contributed by atoms with Crippen LogP contribution in [0.15, 0.2) is 0 Å². The summed E-state index contributed by atoms with van der Waals surface area (Å²) in [4.78, 5) is 0. The molecule has 0 fully saturated rings. The Labute approximate surface area is 132 Å². The Bertz CT molecular complexity index is 209. The minimum absolute atomic E-state index is 0.485. The Hall–Kier alpha value is -0.310. The van der Waals surface area contributed by atoms with Crippen LogP contribution in [0.2, 0.25) is 0 Å². The van der Waals surface area contributed by atoms with E-state index in [-0.39, 0.29) is 0 Å². The van der Waals surface area contributed by atoms with Gasteiger partial charge in [-0.05, 0) is 38.9 Å². The zero-order valence-electron chi connectivity index (χ0n) is 14.1. The molecule has 20 heavy (non-hydrogen) atoms. The van der Waals surface area contributed by atoms with Crippen molar-refractivity contribution in [1.29, 1.82) is 0 Å². The first kappa shape index (κ1) is 19.7. The molecule has 0 aromatic carbocycles. The first-order chi connectivity index (χ1) is 9.60. The van der Waals surface area contributed by atoms with Crippen LogP contribution in [0.3, 0.4) is 0 Å². The molecule has 0 radical (unpaired) electrons. The second-order valence-corrected chi connectivity index (χ2v) is 6.53. The molecule has 0 saturated carbocycles. The Balaban J connectivity index is 3.59. The summed E-state index contributed by atoms with van der Waals surface area (Å²) in [5, 5.41) is 7.65. The molecule has 0 bridgehead atoms. The molecule has 0 aliphatic heterocycles. The Morgan fingerprint density at radius 1 is 0.750 bits per heavy atom. The van der Waals surface area contributed by atoms with Gasteiger partial charge in [0.1, 0.15) is 0 Å². The van der Waals surface area contributed by atoms with Crippen molar-refractivity contribution in [3.05, 3.63) is 0 Å². The summed E-state index contributed by atoms with van der Waals surface area (Å²) in [6.45, 7) is 8.96. The van der Waals surface area contributed by atoms with E-state index >= 15 is 0 Å². The lowest BCUT2D eigenvalue weighted by atomic mass is 10.1. The lowest BCUT2D eigenvalue weighted by Crippen LogP contribution is -2.44. The number of unbranched alkanes of at least 4 members (excludes halogenated alkanes) is 6. The minimum Gasteiger partial charge on any atom is -0.360 e. The van der Waals surface area contributed by atoms with E-state index in [0.29, 0.717) is 12.1 Å². The fraction of sp³-hybridized carbons (Fsp3) is 0.941. The Morgan fingerprint density at radius 2 is 1.15 bits per heavy atom. The molecule has 120 valence electrons. The van der Waals surface area contributed by atoms with Gasteiger partial charge in [0.05, 0.1) is 0 Å². The summed E-state index contributed by atoms with van der Waals surface area (Å²) < 4.78 is 0. The average Bonchev–Trinajstić information content (AvgIpc) is 2.39. The molecule has 0 aliphatic rings. The van der Waals surface area contributed by atoms with Crippen LogP contribution in [-0.4, -0.2) is 17.2 Å². The zero-order chi connectivity index (χ0) is 15.2. The van der Waals surface area contributed by atoms with Crippen molar-refractivity contribution < 1.29 is 0 Å². The maximum atomic E-state index is 5.39. The third-order valence-corrected chi connectivity index (χ3v) is 3.97. The van der Waals surface area contributed by atoms with Crippen molar-refractivity contribution in [3.8, 4) is 0 Å². The van der Waals surface area contributed by atoms with Crippen LogP contribution < -0.4 is 10.6 Å². The van der Waals surface area contributed by atoms with Crippen molar-refractivity contribution in [2.45, 2.75) is 104 Å². The lowest BCUT2D eigenvalue weighted by molar-refractivity contribution is 0.517. The predicted octanol–water partition coefficient (Wildman–Crippen LogP) is 5.17. The summed E-state index contributed by atoms with van der Waals surface area (Å²) in [6, 6.07) is 0.971. The number of thiocarbonyl (C=S) groups is 1. The smallest absolute Gasteiger partial charge is 0.166 e. The molecule has 0 aromatic heterocycles. The van der Waals surface area contributed by atoms with Crippen molar-refractivity contribution in [1.82, 2.24) is 10.6 Å². The first-order valence-corrected chi connectivity index (χ1v) is 9.08. The van der Waals surface area contributed by atoms with Gasteiger partial charge in [0.25, 0.3) is 0 Å². The normalized spacial score (nSPS) is 13.8. The van der Waals surface area contributed by atoms with Crippen molar-refractivity contribution in [2.24, 2.45) is 0 Å². The fourth-order valence-electron chi connectivity index (χ4n) is 2.39. The van der Waals surface area contributed by atoms with E-state index in [2.05, 4.69) is 38.3 Å². The molecule has 0 heterocycles. The summed E-state index contributed by atoms with van der Waals surface area (Å²) in [7, 11) is 0. The fourth-order valence-corrected chi connectivity index (χ4v) is 2.79. The van der Waals surface area contributed by atoms with E-state index < -0.39 is 0 Å². The molecule has 0 rings (SSSR count). The van der Waals surface area contributed by atoms with Crippen molar-refractivity contribution in [2.75, 3.05) is 0 Å². The highest BCUT2D eigenvalue weighted by Gasteiger charge is 2.07. The number of rotatable bonds is 12. The van der Waals surface area contributed by atoms with Gasteiger partial charge in [-0.25, -0.2) is 0 Å². The van der Waals surface area contributed by atoms with Crippen LogP contribution >= 0.6 is 12.2 Å². The largest absolute Gasteiger partial charge is 0.360 e. The molecule has 2 nitrogen and oxygen atoms in total. The van der Waals surface area contributed by atoms with Gasteiger partial charge in [0.15, 0.2) is 5.11 Å². The molecule has 0 aromatic rings. The van der Waals surface area contributed by atoms with E-state index in [1.165, 1.54) is 64.2 Å². The summed E-state index contributed by atoms with van der Waals surface area (Å²) in [5.41, 5.74) is 0. The quantitative estimate of drug-likeness (QED) is 0.384. The van der Waals surface area contributed by atoms with Crippen molar-refractivity contribution in [3.63, 3.8) is 0 Å². The molecule has 0 saturated heterocycles. The number of nitrogens with one attached hydrogen (secondary N) is 2. The van der Waals surface area contributed by atoms with Gasteiger partial charge < -0.3 is 10.6 Å². The molecular formula is C17H36N2S. The van der Waals surface area contributed by atoms with Crippen LogP contribution in [0.25, 0.3) is 0 Å². The van der Waals surface area contributed by atoms with Gasteiger partial charge >= 0.3 is 0 Å². The number of hydrogen-bond acceptors (Lipinski definition) is 1. The van der Waals surface area contributed by atoms with E-state index in [1.54, 1.807) is 0 Å². The second kappa shape index (κ2) is 13.7. The van der Waals surface area contributed by atoms with E-state index in [4.69, 9.17) is 12.2 Å². The second-order valence-electron chi connectivity index (χ2n) is 6.12. The highest BCUT2D eigenvalue weighted by molar-refractivity contribution is 7.80. The third kappa shape index (κ3) is 12.7. The molecule has 0 aliphatic carbocycles. The highest BCUT2D eigenvalue weighted by atomic mass is 32.1. The van der Waals surface area contributed by atoms with Gasteiger partial charge in [-0.3, -0.25) is 0 Å². The SMILES string of the molecule is CCCCCCC(C)NC(=S)NC(C)CCCCCC. The van der Waals surface area contributed by atoms with Crippen LogP contribution in [0.1, 0.15) is 91.9 Å². The highest BCUT2D eigenvalue weighted by Crippen LogP contribution is 2.06. The predicted molar refractivity (Wildman–Crippen MR) is 95.3 cm³/mol. The lowest BCUT2D eigenvalue weighted by Gasteiger charge is -2.20. The Morgan fingerprint density at radius 3 is 1.50 bits per heavy atom. The van der Waals surface area contributed by atoms with Crippen LogP contribution in [0.4, 0.5) is 0 Å². The molecule has 2 N–H and O–H groups in total. The maximum Gasteiger partial charge on any atom is 0.166 e. The zero-order valence-corrected chi connectivity index (χ0v) is 15.0. The monoisotopic (exact) mass is 300 g/mol. The van der Waals surface area contributed by atoms with E-state index in [1.807, 2.05) is 0 Å². The van der Waals surface area contributed by atoms with E-state index in [9.17, 15) is 0 Å². The number of hydrogen-bond donors (Lipinski definition) is 2. The topological polar surface area (TPSA) is 24.1 Å². The van der Waals surface area contributed by atoms with Gasteiger partial charge in [0.2, 0.25) is 0 Å². The molecule has 0 spiro atoms. The molecule has 3 heteroatoms. The minimum atomic E-state index is 0.485. The van der Waals surface area contributed by atoms with E-state index in [0.717, 1.165) is 5.11 Å². The Kier molecular flexibility index (Phi) is 13.5. The van der Waals surface area contributed by atoms with Crippen LogP contribution in [0.5, 0.6) is 0 Å². The van der Waals surface area contributed by atoms with Gasteiger partial charge in [-0.15, -0.1) is 0 Å². The van der Waals surface area contributed by atoms with Crippen LogP contribution in [0, 0.1) is 0 Å². The average molecular weight is 301 g/mol. The third-order valence-electron chi connectivity index (χ3n) is 3.74. The van der Waals surface area contributed by atoms with Crippen LogP contribution in [-0.2, 0) is 0 Å². The summed E-state index contributed by atoms with van der Waals surface area (Å²) in [5.74, 6) is 0. The molecular weight excluding hydrogens is 264 g/mol. The summed E-state index contributed by atoms with van der Waals surface area (Å²) >= 11 is 5.39. The van der Waals surface area contributed by atoms with Crippen molar-refractivity contribution >= 4 is 17.3 Å². The maximum absolute atomic E-state index is 5.39. The standard InChI is InChI=1S/C17H36N2S/c1-5-7-9-11-13-15(3)18-17(20)19-16(4)14-12-10-8-6-2/h15-16H,5-14H2,1-4H3,(H2,18,19,20). The van der Waals surface area contributed by atoms with Gasteiger partial charge in [0, 0.05) is 12.1 Å². The molecule has 0 amide bonds. The molecule has 2 atom stereocenters. The molecule has 2 unspecified atom stereocenters.